The molecule has 10 heteroatoms. The molecule has 1 unspecified atom stereocenters. The van der Waals surface area contributed by atoms with Gasteiger partial charge in [0.25, 0.3) is 10.0 Å². The van der Waals surface area contributed by atoms with Crippen molar-refractivity contribution in [1.29, 1.82) is 0 Å². The minimum absolute atomic E-state index is 0.0164. The second kappa shape index (κ2) is 11.1. The van der Waals surface area contributed by atoms with E-state index in [0.717, 1.165) is 54.4 Å². The van der Waals surface area contributed by atoms with Gasteiger partial charge in [-0.1, -0.05) is 37.3 Å². The fourth-order valence-corrected chi connectivity index (χ4v) is 8.61. The monoisotopic (exact) mass is 604 g/mol. The lowest BCUT2D eigenvalue weighted by Gasteiger charge is -2.60. The van der Waals surface area contributed by atoms with E-state index < -0.39 is 10.0 Å². The van der Waals surface area contributed by atoms with Gasteiger partial charge in [0.05, 0.1) is 17.7 Å². The van der Waals surface area contributed by atoms with Gasteiger partial charge in [-0.3, -0.25) is 0 Å². The molecule has 2 fully saturated rings. The Morgan fingerprint density at radius 2 is 1.72 bits per heavy atom. The third-order valence-corrected chi connectivity index (χ3v) is 11.3. The number of alkyl carbamates (subject to hydrolysis) is 1. The van der Waals surface area contributed by atoms with E-state index in [2.05, 4.69) is 33.9 Å². The summed E-state index contributed by atoms with van der Waals surface area (Å²) in [5, 5.41) is 2.93. The lowest BCUT2D eigenvalue weighted by atomic mass is 9.46. The van der Waals surface area contributed by atoms with Gasteiger partial charge >= 0.3 is 6.09 Å². The molecule has 3 aliphatic rings. The first-order chi connectivity index (χ1) is 20.4. The SMILES string of the molecule is COC(=O)NC1CC2(C1)CC(C1Cc3cccc(c3)S(=O)(=O)Nc3nc(cc(-c4c(C)cccc4C)n3)O[C@@H](C)[C@H]1C)C2. The van der Waals surface area contributed by atoms with E-state index in [1.165, 1.54) is 7.11 Å². The summed E-state index contributed by atoms with van der Waals surface area (Å²) in [7, 11) is -2.55. The zero-order valence-corrected chi connectivity index (χ0v) is 26.2. The third-order valence-electron chi connectivity index (χ3n) is 9.93. The predicted molar refractivity (Wildman–Crippen MR) is 164 cm³/mol. The van der Waals surface area contributed by atoms with Crippen LogP contribution in [0.25, 0.3) is 11.3 Å². The Labute approximate surface area is 253 Å². The maximum absolute atomic E-state index is 13.6. The molecule has 2 aliphatic carbocycles. The Bertz CT molecular complexity index is 1620. The Hall–Kier alpha value is -3.66. The van der Waals surface area contributed by atoms with Crippen LogP contribution < -0.4 is 14.8 Å². The maximum atomic E-state index is 13.6. The molecule has 1 aliphatic heterocycles. The molecule has 1 spiro atoms. The molecular formula is C33H40N4O5S. The molecule has 2 heterocycles. The quantitative estimate of drug-likeness (QED) is 0.373. The zero-order chi connectivity index (χ0) is 30.5. The van der Waals surface area contributed by atoms with Gasteiger partial charge in [0.15, 0.2) is 0 Å². The molecule has 2 aromatic carbocycles. The van der Waals surface area contributed by atoms with Gasteiger partial charge in [0, 0.05) is 17.7 Å². The molecule has 0 radical (unpaired) electrons. The Balaban J connectivity index is 1.33. The average Bonchev–Trinajstić information content (AvgIpc) is 2.91. The standard InChI is InChI=1S/C33H40N4O5S/c1-19-8-6-9-20(2)30(19)28-14-29-36-31(35-28)37-43(39,40)26-11-7-10-23(12-26)13-27(21(3)22(4)42-29)24-15-33(16-24)17-25(18-33)34-32(38)41-5/h6-12,14,21-22,24-25,27H,13,15-18H2,1-5H3,(H,34,38)(H,35,36,37)/t21-,22+,24?,25?,27?,33?/m1/s1. The van der Waals surface area contributed by atoms with Gasteiger partial charge < -0.3 is 14.8 Å². The van der Waals surface area contributed by atoms with Crippen LogP contribution in [-0.4, -0.2) is 43.7 Å². The van der Waals surface area contributed by atoms with Crippen LogP contribution in [0.4, 0.5) is 10.7 Å². The highest BCUT2D eigenvalue weighted by atomic mass is 32.2. The number of rotatable bonds is 3. The van der Waals surface area contributed by atoms with Crippen molar-refractivity contribution < 1.29 is 22.7 Å². The number of aryl methyl sites for hydroxylation is 2. The topological polar surface area (TPSA) is 120 Å². The number of benzene rings is 2. The maximum Gasteiger partial charge on any atom is 0.407 e. The van der Waals surface area contributed by atoms with E-state index in [4.69, 9.17) is 9.47 Å². The molecule has 3 atom stereocenters. The van der Waals surface area contributed by atoms with E-state index in [0.29, 0.717) is 17.5 Å². The summed E-state index contributed by atoms with van der Waals surface area (Å²) in [6.45, 7) is 8.33. The van der Waals surface area contributed by atoms with Crippen molar-refractivity contribution in [3.63, 3.8) is 0 Å². The van der Waals surface area contributed by atoms with Gasteiger partial charge in [-0.2, -0.15) is 4.98 Å². The fraction of sp³-hybridized carbons (Fsp3) is 0.485. The van der Waals surface area contributed by atoms with E-state index >= 15 is 0 Å². The number of ether oxygens (including phenoxy) is 2. The highest BCUT2D eigenvalue weighted by Gasteiger charge is 2.55. The molecule has 43 heavy (non-hydrogen) atoms. The first-order valence-electron chi connectivity index (χ1n) is 15.0. The predicted octanol–water partition coefficient (Wildman–Crippen LogP) is 6.05. The Morgan fingerprint density at radius 3 is 2.42 bits per heavy atom. The van der Waals surface area contributed by atoms with Gasteiger partial charge in [0.1, 0.15) is 6.10 Å². The summed E-state index contributed by atoms with van der Waals surface area (Å²) < 4.78 is 41.0. The van der Waals surface area contributed by atoms with E-state index in [1.54, 1.807) is 12.1 Å². The largest absolute Gasteiger partial charge is 0.474 e. The summed E-state index contributed by atoms with van der Waals surface area (Å²) in [6.07, 6.45) is 4.31. The number of methoxy groups -OCH3 is 1. The molecule has 1 aromatic heterocycles. The number of anilines is 1. The van der Waals surface area contributed by atoms with Crippen molar-refractivity contribution in [2.75, 3.05) is 11.8 Å². The van der Waals surface area contributed by atoms with Gasteiger partial charge in [-0.05, 0) is 105 Å². The molecule has 3 aromatic rings. The van der Waals surface area contributed by atoms with Crippen LogP contribution in [0.2, 0.25) is 0 Å². The summed E-state index contributed by atoms with van der Waals surface area (Å²) in [6, 6.07) is 15.2. The summed E-state index contributed by atoms with van der Waals surface area (Å²) >= 11 is 0. The fourth-order valence-electron chi connectivity index (χ4n) is 7.60. The van der Waals surface area contributed by atoms with Crippen molar-refractivity contribution >= 4 is 22.1 Å². The zero-order valence-electron chi connectivity index (χ0n) is 25.4. The number of fused-ring (bicyclic) bond motifs is 4. The smallest absolute Gasteiger partial charge is 0.407 e. The second-order valence-corrected chi connectivity index (χ2v) is 14.6. The summed E-state index contributed by atoms with van der Waals surface area (Å²) in [4.78, 5) is 21.0. The summed E-state index contributed by atoms with van der Waals surface area (Å²) in [5.74, 6) is 1.24. The van der Waals surface area contributed by atoms with Crippen LogP contribution in [0.15, 0.2) is 53.4 Å². The normalized spacial score (nSPS) is 29.3. The van der Waals surface area contributed by atoms with Gasteiger partial charge in [-0.25, -0.2) is 22.9 Å². The number of hydrogen-bond donors (Lipinski definition) is 2. The molecule has 0 saturated heterocycles. The highest BCUT2D eigenvalue weighted by molar-refractivity contribution is 7.92. The Kier molecular flexibility index (Phi) is 7.61. The lowest BCUT2D eigenvalue weighted by molar-refractivity contribution is -0.0855. The number of carbonyl (C=O) groups is 1. The number of nitrogens with one attached hydrogen (secondary N) is 2. The molecule has 228 valence electrons. The van der Waals surface area contributed by atoms with Crippen molar-refractivity contribution in [1.82, 2.24) is 15.3 Å². The molecular weight excluding hydrogens is 564 g/mol. The number of amides is 1. The number of sulfonamides is 1. The van der Waals surface area contributed by atoms with Crippen molar-refractivity contribution in [3.8, 4) is 17.1 Å². The molecule has 6 rings (SSSR count). The number of aromatic nitrogens is 2. The third kappa shape index (κ3) is 5.81. The first kappa shape index (κ1) is 29.4. The first-order valence-corrected chi connectivity index (χ1v) is 16.5. The van der Waals surface area contributed by atoms with E-state index in [1.807, 2.05) is 50.2 Å². The average molecular weight is 605 g/mol. The van der Waals surface area contributed by atoms with Gasteiger partial charge in [-0.15, -0.1) is 0 Å². The molecule has 1 amide bonds. The van der Waals surface area contributed by atoms with Crippen LogP contribution in [-0.2, 0) is 21.2 Å². The lowest BCUT2D eigenvalue weighted by Crippen LogP contribution is -2.58. The molecule has 2 saturated carbocycles. The highest BCUT2D eigenvalue weighted by Crippen LogP contribution is 2.61. The molecule has 4 bridgehead atoms. The van der Waals surface area contributed by atoms with Gasteiger partial charge in [0.2, 0.25) is 11.8 Å². The van der Waals surface area contributed by atoms with E-state index in [-0.39, 0.29) is 46.3 Å². The second-order valence-electron chi connectivity index (χ2n) is 12.9. The van der Waals surface area contributed by atoms with Crippen LogP contribution >= 0.6 is 0 Å². The number of nitrogens with zero attached hydrogens (tertiary/aromatic N) is 2. The minimum Gasteiger partial charge on any atom is -0.474 e. The van der Waals surface area contributed by atoms with Crippen molar-refractivity contribution in [3.05, 3.63) is 65.2 Å². The van der Waals surface area contributed by atoms with Crippen LogP contribution in [0.3, 0.4) is 0 Å². The number of carbonyl (C=O) groups excluding carboxylic acids is 1. The van der Waals surface area contributed by atoms with Crippen LogP contribution in [0, 0.1) is 37.0 Å². The van der Waals surface area contributed by atoms with Crippen molar-refractivity contribution in [2.45, 2.75) is 76.8 Å². The summed E-state index contributed by atoms with van der Waals surface area (Å²) in [5.41, 5.74) is 4.85. The number of hydrogen-bond acceptors (Lipinski definition) is 7. The van der Waals surface area contributed by atoms with E-state index in [9.17, 15) is 13.2 Å². The van der Waals surface area contributed by atoms with Crippen LogP contribution in [0.5, 0.6) is 5.88 Å². The minimum atomic E-state index is -3.94. The van der Waals surface area contributed by atoms with Crippen LogP contribution in [0.1, 0.15) is 56.2 Å². The Morgan fingerprint density at radius 1 is 1.02 bits per heavy atom. The molecule has 9 nitrogen and oxygen atoms in total. The van der Waals surface area contributed by atoms with Crippen molar-refractivity contribution in [2.24, 2.45) is 23.2 Å². The molecule has 2 N–H and O–H groups in total.